The molecule has 0 amide bonds. The molecular weight excluding hydrogens is 278 g/mol. The fourth-order valence-corrected chi connectivity index (χ4v) is 1.24. The van der Waals surface area contributed by atoms with Crippen LogP contribution in [0.1, 0.15) is 0 Å². The molecule has 1 spiro atoms. The van der Waals surface area contributed by atoms with Crippen molar-refractivity contribution in [2.75, 3.05) is 0 Å². The minimum Gasteiger partial charge on any atom is -0.408 e. The number of hydrogen-bond acceptors (Lipinski definition) is 10. The predicted molar refractivity (Wildman–Crippen MR) is 54.6 cm³/mol. The molecular formula is C10H5NO9. The molecule has 2 rings (SSSR count). The first-order valence-corrected chi connectivity index (χ1v) is 4.94. The minimum atomic E-state index is -2.93. The van der Waals surface area contributed by atoms with Crippen LogP contribution in [0, 0.1) is 0 Å². The Morgan fingerprint density at radius 3 is 1.60 bits per heavy atom. The minimum absolute atomic E-state index is 0.637. The third-order valence-electron chi connectivity index (χ3n) is 1.97. The lowest BCUT2D eigenvalue weighted by atomic mass is 10.4. The first-order valence-electron chi connectivity index (χ1n) is 4.94. The summed E-state index contributed by atoms with van der Waals surface area (Å²) >= 11 is 0. The highest BCUT2D eigenvalue weighted by Gasteiger charge is 2.54. The molecule has 1 N–H and O–H groups in total. The quantitative estimate of drug-likeness (QED) is 0.328. The molecule has 0 aliphatic carbocycles. The van der Waals surface area contributed by atoms with E-state index in [-0.39, 0.29) is 0 Å². The first kappa shape index (κ1) is 13.3. The summed E-state index contributed by atoms with van der Waals surface area (Å²) in [4.78, 5) is 45.3. The van der Waals surface area contributed by atoms with Gasteiger partial charge in [0.2, 0.25) is 0 Å². The highest BCUT2D eigenvalue weighted by Crippen LogP contribution is 2.24. The molecule has 10 nitrogen and oxygen atoms in total. The fraction of sp³-hybridized carbons (Fsp3) is 0.100. The van der Waals surface area contributed by atoms with E-state index in [1.54, 1.807) is 0 Å². The zero-order valence-corrected chi connectivity index (χ0v) is 9.47. The third kappa shape index (κ3) is 2.48. The van der Waals surface area contributed by atoms with Gasteiger partial charge in [-0.1, -0.05) is 0 Å². The van der Waals surface area contributed by atoms with Crippen molar-refractivity contribution in [2.45, 2.75) is 5.97 Å². The van der Waals surface area contributed by atoms with E-state index >= 15 is 0 Å². The summed E-state index contributed by atoms with van der Waals surface area (Å²) in [6.07, 6.45) is 2.66. The van der Waals surface area contributed by atoms with Crippen molar-refractivity contribution in [2.24, 2.45) is 5.16 Å². The molecule has 0 unspecified atom stereocenters. The van der Waals surface area contributed by atoms with Gasteiger partial charge in [0.25, 0.3) is 0 Å². The molecule has 104 valence electrons. The van der Waals surface area contributed by atoms with E-state index in [1.807, 2.05) is 0 Å². The number of rotatable bonds is 0. The number of ether oxygens (including phenoxy) is 4. The largest absolute Gasteiger partial charge is 0.511 e. The van der Waals surface area contributed by atoms with Crippen LogP contribution in [0.4, 0.5) is 0 Å². The van der Waals surface area contributed by atoms with E-state index in [2.05, 4.69) is 24.1 Å². The number of cyclic esters (lactones) is 1. The van der Waals surface area contributed by atoms with Crippen molar-refractivity contribution in [1.82, 2.24) is 0 Å². The van der Waals surface area contributed by atoms with E-state index < -0.39 is 35.7 Å². The zero-order chi connectivity index (χ0) is 14.8. The summed E-state index contributed by atoms with van der Waals surface area (Å²) in [6, 6.07) is 0. The SMILES string of the molecule is O=C1C=CC(=O)OC2(O1)OC(=O)/C=C/C(=O)O/C2=N\O. The monoisotopic (exact) mass is 283 g/mol. The number of oxime groups is 1. The van der Waals surface area contributed by atoms with E-state index in [4.69, 9.17) is 5.21 Å². The summed E-state index contributed by atoms with van der Waals surface area (Å²) in [5, 5.41) is 11.3. The highest BCUT2D eigenvalue weighted by molar-refractivity contribution is 6.05. The average Bonchev–Trinajstić information content (AvgIpc) is 2.52. The van der Waals surface area contributed by atoms with Crippen molar-refractivity contribution in [1.29, 1.82) is 0 Å². The summed E-state index contributed by atoms with van der Waals surface area (Å²) in [5.41, 5.74) is 0. The molecule has 0 radical (unpaired) electrons. The van der Waals surface area contributed by atoms with E-state index in [9.17, 15) is 19.2 Å². The Balaban J connectivity index is 2.50. The normalized spacial score (nSPS) is 24.9. The molecule has 0 saturated carbocycles. The van der Waals surface area contributed by atoms with Crippen LogP contribution in [0.5, 0.6) is 0 Å². The molecule has 20 heavy (non-hydrogen) atoms. The van der Waals surface area contributed by atoms with Gasteiger partial charge in [0.05, 0.1) is 0 Å². The second-order valence-corrected chi connectivity index (χ2v) is 3.31. The van der Waals surface area contributed by atoms with Gasteiger partial charge in [0, 0.05) is 24.3 Å². The Bertz CT molecular complexity index is 566. The molecule has 0 saturated heterocycles. The molecule has 0 aromatic carbocycles. The van der Waals surface area contributed by atoms with Crippen molar-refractivity contribution in [3.05, 3.63) is 24.3 Å². The fourth-order valence-electron chi connectivity index (χ4n) is 1.24. The van der Waals surface area contributed by atoms with Gasteiger partial charge >= 0.3 is 35.7 Å². The number of nitrogens with zero attached hydrogens (tertiary/aromatic N) is 1. The number of carbonyl (C=O) groups is 4. The van der Waals surface area contributed by atoms with E-state index in [1.165, 1.54) is 0 Å². The second kappa shape index (κ2) is 4.84. The van der Waals surface area contributed by atoms with Gasteiger partial charge in [-0.05, 0) is 5.16 Å². The van der Waals surface area contributed by atoms with Gasteiger partial charge in [0.1, 0.15) is 0 Å². The number of esters is 4. The van der Waals surface area contributed by atoms with Gasteiger partial charge < -0.3 is 24.2 Å². The van der Waals surface area contributed by atoms with Crippen molar-refractivity contribution >= 4 is 29.8 Å². The maximum absolute atomic E-state index is 11.4. The Morgan fingerprint density at radius 2 is 1.20 bits per heavy atom. The average molecular weight is 283 g/mol. The molecule has 10 heteroatoms. The van der Waals surface area contributed by atoms with Gasteiger partial charge in [0.15, 0.2) is 0 Å². The third-order valence-corrected chi connectivity index (χ3v) is 1.97. The summed E-state index contributed by atoms with van der Waals surface area (Å²) in [6.45, 7) is 0. The summed E-state index contributed by atoms with van der Waals surface area (Å²) in [7, 11) is 0. The van der Waals surface area contributed by atoms with Crippen LogP contribution < -0.4 is 0 Å². The van der Waals surface area contributed by atoms with E-state index in [0.29, 0.717) is 24.3 Å². The highest BCUT2D eigenvalue weighted by atomic mass is 16.9. The lowest BCUT2D eigenvalue weighted by Crippen LogP contribution is -2.52. The smallest absolute Gasteiger partial charge is 0.408 e. The van der Waals surface area contributed by atoms with Crippen LogP contribution in [0.15, 0.2) is 29.5 Å². The molecule has 2 heterocycles. The Kier molecular flexibility index (Phi) is 3.21. The molecule has 0 atom stereocenters. The van der Waals surface area contributed by atoms with Crippen molar-refractivity contribution in [3.8, 4) is 0 Å². The van der Waals surface area contributed by atoms with Crippen LogP contribution in [-0.2, 0) is 38.1 Å². The van der Waals surface area contributed by atoms with Crippen molar-refractivity contribution in [3.63, 3.8) is 0 Å². The van der Waals surface area contributed by atoms with Gasteiger partial charge in [-0.25, -0.2) is 19.2 Å². The van der Waals surface area contributed by atoms with Crippen LogP contribution in [0.3, 0.4) is 0 Å². The van der Waals surface area contributed by atoms with Gasteiger partial charge in [-0.3, -0.25) is 0 Å². The number of carbonyl (C=O) groups excluding carboxylic acids is 4. The first-order chi connectivity index (χ1) is 9.45. The summed E-state index contributed by atoms with van der Waals surface area (Å²) < 4.78 is 18.1. The van der Waals surface area contributed by atoms with Crippen molar-refractivity contribution < 1.29 is 43.3 Å². The Hall–Kier alpha value is -3.17. The molecule has 0 bridgehead atoms. The number of hydrogen-bond donors (Lipinski definition) is 1. The van der Waals surface area contributed by atoms with Crippen LogP contribution in [0.2, 0.25) is 0 Å². The zero-order valence-electron chi connectivity index (χ0n) is 9.47. The Labute approximate surface area is 109 Å². The topological polar surface area (TPSA) is 138 Å². The maximum atomic E-state index is 11.4. The second-order valence-electron chi connectivity index (χ2n) is 3.31. The molecule has 0 aromatic heterocycles. The van der Waals surface area contributed by atoms with Gasteiger partial charge in [-0.15, -0.1) is 0 Å². The molecule has 0 fully saturated rings. The van der Waals surface area contributed by atoms with Crippen LogP contribution >= 0.6 is 0 Å². The lowest BCUT2D eigenvalue weighted by molar-refractivity contribution is -0.291. The summed E-state index contributed by atoms with van der Waals surface area (Å²) in [5.74, 6) is -8.74. The van der Waals surface area contributed by atoms with Crippen LogP contribution in [-0.4, -0.2) is 41.0 Å². The lowest BCUT2D eigenvalue weighted by Gasteiger charge is -2.28. The van der Waals surface area contributed by atoms with E-state index in [0.717, 1.165) is 0 Å². The standard InChI is InChI=1S/C10H5NO9/c12-5-1-2-6(13)18-10(9(11-16)17-5)19-7(14)3-4-8(15)20-10/h1-4,16H/b2-1+,11-9-. The van der Waals surface area contributed by atoms with Crippen LogP contribution in [0.25, 0.3) is 0 Å². The predicted octanol–water partition coefficient (Wildman–Crippen LogP) is -1.26. The molecule has 2 aliphatic rings. The Morgan fingerprint density at radius 1 is 0.800 bits per heavy atom. The molecule has 2 aliphatic heterocycles. The maximum Gasteiger partial charge on any atom is 0.511 e. The molecule has 0 aromatic rings. The van der Waals surface area contributed by atoms with Gasteiger partial charge in [-0.2, -0.15) is 0 Å².